The lowest BCUT2D eigenvalue weighted by molar-refractivity contribution is -0.122. The number of carboxylic acid groups (broad SMARTS) is 1. The van der Waals surface area contributed by atoms with Gasteiger partial charge in [0.2, 0.25) is 5.95 Å². The highest BCUT2D eigenvalue weighted by Crippen LogP contribution is 2.20. The van der Waals surface area contributed by atoms with Crippen molar-refractivity contribution in [3.05, 3.63) is 65.0 Å². The van der Waals surface area contributed by atoms with E-state index in [9.17, 15) is 9.59 Å². The number of carbonyl (C=O) groups is 3. The first-order valence-electron chi connectivity index (χ1n) is 13.6. The number of carbonyl (C=O) groups excluding carboxylic acids is 2. The SMILES string of the molecule is N/N=C(\NN)c1cc(N)ccc1C(=O)NCCCCNC(=O)c1ccc(NCc2cnc3nc(N)nc(N)c3n2)cc1N.O=CO. The summed E-state index contributed by atoms with van der Waals surface area (Å²) in [6, 6.07) is 9.73. The maximum absolute atomic E-state index is 12.7. The van der Waals surface area contributed by atoms with E-state index in [1.165, 1.54) is 0 Å². The Hall–Kier alpha value is -6.50. The van der Waals surface area contributed by atoms with Gasteiger partial charge < -0.3 is 55.3 Å². The molecule has 242 valence electrons. The summed E-state index contributed by atoms with van der Waals surface area (Å²) < 4.78 is 0. The van der Waals surface area contributed by atoms with Crippen LogP contribution in [0.15, 0.2) is 47.7 Å². The first-order valence-corrected chi connectivity index (χ1v) is 13.6. The number of rotatable bonds is 11. The van der Waals surface area contributed by atoms with Gasteiger partial charge in [-0.05, 0) is 49.2 Å². The molecule has 0 aliphatic rings. The molecular formula is C27H35N15O4. The zero-order chi connectivity index (χ0) is 33.6. The number of aromatic nitrogens is 4. The molecule has 2 aromatic heterocycles. The number of amides is 2. The number of nitrogens with zero attached hydrogens (tertiary/aromatic N) is 5. The van der Waals surface area contributed by atoms with E-state index in [1.807, 2.05) is 0 Å². The van der Waals surface area contributed by atoms with Crippen molar-refractivity contribution in [2.75, 3.05) is 41.3 Å². The third-order valence-electron chi connectivity index (χ3n) is 6.25. The van der Waals surface area contributed by atoms with Crippen molar-refractivity contribution in [2.24, 2.45) is 16.8 Å². The summed E-state index contributed by atoms with van der Waals surface area (Å²) in [4.78, 5) is 50.3. The highest BCUT2D eigenvalue weighted by Gasteiger charge is 2.16. The van der Waals surface area contributed by atoms with Crippen LogP contribution in [0.3, 0.4) is 0 Å². The Bertz CT molecular complexity index is 1730. The molecule has 0 spiro atoms. The Labute approximate surface area is 262 Å². The smallest absolute Gasteiger partial charge is 0.290 e. The molecule has 0 atom stereocenters. The number of hydrazine groups is 1. The predicted molar refractivity (Wildman–Crippen MR) is 174 cm³/mol. The number of nitrogens with two attached hydrogens (primary N) is 6. The van der Waals surface area contributed by atoms with E-state index in [-0.39, 0.29) is 35.9 Å². The summed E-state index contributed by atoms with van der Waals surface area (Å²) in [5.74, 6) is 10.4. The fraction of sp³-hybridized carbons (Fsp3) is 0.185. The van der Waals surface area contributed by atoms with Gasteiger partial charge in [-0.3, -0.25) is 14.4 Å². The van der Waals surface area contributed by atoms with E-state index >= 15 is 0 Å². The minimum Gasteiger partial charge on any atom is -0.483 e. The summed E-state index contributed by atoms with van der Waals surface area (Å²) in [6.07, 6.45) is 2.79. The Balaban J connectivity index is 0.00000185. The normalized spacial score (nSPS) is 10.8. The van der Waals surface area contributed by atoms with E-state index in [0.29, 0.717) is 83.1 Å². The van der Waals surface area contributed by atoms with Gasteiger partial charge in [0.1, 0.15) is 0 Å². The molecule has 17 N–H and O–H groups in total. The summed E-state index contributed by atoms with van der Waals surface area (Å²) in [5.41, 5.74) is 29.5. The highest BCUT2D eigenvalue weighted by molar-refractivity contribution is 6.09. The fourth-order valence-electron chi connectivity index (χ4n) is 4.12. The molecule has 2 heterocycles. The van der Waals surface area contributed by atoms with E-state index in [4.69, 9.17) is 44.5 Å². The number of benzene rings is 2. The van der Waals surface area contributed by atoms with Crippen molar-refractivity contribution in [1.82, 2.24) is 36.0 Å². The van der Waals surface area contributed by atoms with Crippen LogP contribution in [0.4, 0.5) is 28.8 Å². The van der Waals surface area contributed by atoms with Crippen molar-refractivity contribution >= 4 is 64.1 Å². The molecule has 46 heavy (non-hydrogen) atoms. The first-order chi connectivity index (χ1) is 22.1. The lowest BCUT2D eigenvalue weighted by Gasteiger charge is -2.13. The van der Waals surface area contributed by atoms with Crippen LogP contribution in [-0.4, -0.2) is 62.3 Å². The minimum absolute atomic E-state index is 0.0253. The molecule has 0 saturated heterocycles. The maximum Gasteiger partial charge on any atom is 0.290 e. The largest absolute Gasteiger partial charge is 0.483 e. The molecule has 2 amide bonds. The number of nitrogens with one attached hydrogen (secondary N) is 4. The number of hydrogen-bond donors (Lipinski definition) is 11. The van der Waals surface area contributed by atoms with Crippen LogP contribution in [0.5, 0.6) is 0 Å². The van der Waals surface area contributed by atoms with E-state index < -0.39 is 0 Å². The molecule has 0 fully saturated rings. The Morgan fingerprint density at radius 1 is 0.891 bits per heavy atom. The molecule has 2 aromatic carbocycles. The van der Waals surface area contributed by atoms with Gasteiger partial charge >= 0.3 is 0 Å². The summed E-state index contributed by atoms with van der Waals surface area (Å²) >= 11 is 0. The number of unbranched alkanes of at least 4 members (excludes halogenated alkanes) is 1. The number of fused-ring (bicyclic) bond motifs is 1. The summed E-state index contributed by atoms with van der Waals surface area (Å²) in [6.45, 7) is 0.836. The zero-order valence-corrected chi connectivity index (χ0v) is 24.5. The highest BCUT2D eigenvalue weighted by atomic mass is 16.3. The minimum atomic E-state index is -0.340. The van der Waals surface area contributed by atoms with Crippen LogP contribution in [0.1, 0.15) is 44.8 Å². The zero-order valence-electron chi connectivity index (χ0n) is 24.5. The second-order valence-corrected chi connectivity index (χ2v) is 9.41. The van der Waals surface area contributed by atoms with Crippen molar-refractivity contribution in [2.45, 2.75) is 19.4 Å². The Morgan fingerprint density at radius 2 is 1.54 bits per heavy atom. The summed E-state index contributed by atoms with van der Waals surface area (Å²) in [7, 11) is 0. The molecule has 19 nitrogen and oxygen atoms in total. The van der Waals surface area contributed by atoms with Gasteiger partial charge in [-0.1, -0.05) is 0 Å². The molecule has 0 unspecified atom stereocenters. The van der Waals surface area contributed by atoms with E-state index in [1.54, 1.807) is 42.6 Å². The molecule has 19 heteroatoms. The van der Waals surface area contributed by atoms with Crippen LogP contribution in [0.2, 0.25) is 0 Å². The van der Waals surface area contributed by atoms with Crippen LogP contribution in [-0.2, 0) is 11.3 Å². The van der Waals surface area contributed by atoms with Crippen molar-refractivity contribution in [3.8, 4) is 0 Å². The molecular weight excluding hydrogens is 598 g/mol. The van der Waals surface area contributed by atoms with Gasteiger partial charge in [0.25, 0.3) is 18.3 Å². The first kappa shape index (κ1) is 34.0. The third kappa shape index (κ3) is 9.00. The quantitative estimate of drug-likeness (QED) is 0.0181. The van der Waals surface area contributed by atoms with Gasteiger partial charge in [0, 0.05) is 35.7 Å². The van der Waals surface area contributed by atoms with Gasteiger partial charge in [-0.25, -0.2) is 15.8 Å². The predicted octanol–water partition coefficient (Wildman–Crippen LogP) is -0.915. The molecule has 0 aliphatic carbocycles. The standard InChI is InChI=1S/C26H33N15O2.CH2O2/c27-13-3-5-16(18(9-13)22(40-31)41-32)24(42)33-7-1-2-8-34-25(43)17-6-4-14(10-19(17)28)35-11-15-12-36-23-20(37-15)21(29)38-26(30)39-23;2-1-3/h3-6,9-10,12,35H,1-2,7-8,11,27-28,31-32H2,(H,33,42)(H,34,43)(H,40,41)(H4,29,30,36,38,39);1H,(H,2,3). The van der Waals surface area contributed by atoms with Crippen molar-refractivity contribution in [3.63, 3.8) is 0 Å². The third-order valence-corrected chi connectivity index (χ3v) is 6.25. The van der Waals surface area contributed by atoms with E-state index in [0.717, 1.165) is 0 Å². The molecule has 0 bridgehead atoms. The average Bonchev–Trinajstić information content (AvgIpc) is 3.02. The van der Waals surface area contributed by atoms with Crippen molar-refractivity contribution in [1.29, 1.82) is 0 Å². The average molecular weight is 634 g/mol. The van der Waals surface area contributed by atoms with Crippen LogP contribution >= 0.6 is 0 Å². The second kappa shape index (κ2) is 16.4. The Kier molecular flexibility index (Phi) is 12.1. The molecule has 4 rings (SSSR count). The van der Waals surface area contributed by atoms with Crippen molar-refractivity contribution < 1.29 is 19.5 Å². The van der Waals surface area contributed by atoms with Gasteiger partial charge in [0.15, 0.2) is 22.8 Å². The number of hydrazone groups is 1. The topological polar surface area (TPSA) is 340 Å². The van der Waals surface area contributed by atoms with Gasteiger partial charge in [-0.2, -0.15) is 15.1 Å². The summed E-state index contributed by atoms with van der Waals surface area (Å²) in [5, 5.41) is 19.3. The second-order valence-electron chi connectivity index (χ2n) is 9.41. The van der Waals surface area contributed by atoms with Crippen LogP contribution < -0.4 is 56.0 Å². The Morgan fingerprint density at radius 3 is 2.17 bits per heavy atom. The number of anilines is 5. The monoisotopic (exact) mass is 633 g/mol. The number of amidine groups is 1. The maximum atomic E-state index is 12.7. The van der Waals surface area contributed by atoms with E-state index in [2.05, 4.69) is 46.4 Å². The molecule has 0 saturated carbocycles. The molecule has 0 aliphatic heterocycles. The number of hydrogen-bond acceptors (Lipinski definition) is 15. The fourth-order valence-corrected chi connectivity index (χ4v) is 4.12. The molecule has 4 aromatic rings. The number of nitrogen functional groups attached to an aromatic ring is 4. The van der Waals surface area contributed by atoms with Crippen LogP contribution in [0, 0.1) is 0 Å². The lowest BCUT2D eigenvalue weighted by atomic mass is 10.0. The van der Waals surface area contributed by atoms with Gasteiger partial charge in [0.05, 0.1) is 29.6 Å². The van der Waals surface area contributed by atoms with Gasteiger partial charge in [-0.15, -0.1) is 0 Å². The van der Waals surface area contributed by atoms with Crippen LogP contribution in [0.25, 0.3) is 11.2 Å². The molecule has 0 radical (unpaired) electrons. The lowest BCUT2D eigenvalue weighted by Crippen LogP contribution is -2.35.